The number of rotatable bonds is 3. The first-order valence-electron chi connectivity index (χ1n) is 7.20. The number of aryl methyl sites for hydroxylation is 1. The van der Waals surface area contributed by atoms with E-state index in [4.69, 9.17) is 19.9 Å². The molecule has 3 rings (SSSR count). The quantitative estimate of drug-likeness (QED) is 0.879. The monoisotopic (exact) mass is 295 g/mol. The molecule has 1 aromatic rings. The van der Waals surface area contributed by atoms with Gasteiger partial charge in [-0.25, -0.2) is 4.79 Å². The smallest absolute Gasteiger partial charge is 0.351 e. The van der Waals surface area contributed by atoms with Gasteiger partial charge < -0.3 is 19.9 Å². The lowest BCUT2D eigenvalue weighted by Crippen LogP contribution is -2.49. The molecule has 2 aliphatic heterocycles. The van der Waals surface area contributed by atoms with Crippen LogP contribution in [0, 0.1) is 6.92 Å². The summed E-state index contributed by atoms with van der Waals surface area (Å²) in [7, 11) is 1.65. The van der Waals surface area contributed by atoms with Crippen molar-refractivity contribution in [2.24, 2.45) is 0 Å². The molecule has 7 heteroatoms. The molecule has 116 valence electrons. The summed E-state index contributed by atoms with van der Waals surface area (Å²) >= 11 is 0. The maximum Gasteiger partial charge on any atom is 0.351 e. The molecule has 0 aliphatic carbocycles. The number of hydrogen-bond donors (Lipinski definition) is 1. The second-order valence-electron chi connectivity index (χ2n) is 5.67. The van der Waals surface area contributed by atoms with Gasteiger partial charge in [0, 0.05) is 25.3 Å². The number of ether oxygens (including phenoxy) is 3. The van der Waals surface area contributed by atoms with Gasteiger partial charge in [-0.3, -0.25) is 4.57 Å². The lowest BCUT2D eigenvalue weighted by molar-refractivity contribution is -0.136. The number of methoxy groups -OCH3 is 1. The topological polar surface area (TPSA) is 88.6 Å². The van der Waals surface area contributed by atoms with Gasteiger partial charge in [0.1, 0.15) is 23.6 Å². The molecule has 2 saturated heterocycles. The van der Waals surface area contributed by atoms with E-state index in [-0.39, 0.29) is 18.0 Å². The first-order valence-corrected chi connectivity index (χ1v) is 7.20. The third-order valence-corrected chi connectivity index (χ3v) is 4.59. The van der Waals surface area contributed by atoms with Crippen LogP contribution >= 0.6 is 0 Å². The Morgan fingerprint density at radius 3 is 3.00 bits per heavy atom. The summed E-state index contributed by atoms with van der Waals surface area (Å²) in [6.45, 7) is 4.47. The predicted molar refractivity (Wildman–Crippen MR) is 75.9 cm³/mol. The standard InChI is InChI=1S/C14H21N3O4/c1-4-14-5-6-20-9(10(14)19-3)12(21-14)17-7-8(2)11(15)16-13(17)18/h7,9-10,12H,4-6H2,1-3H3,(H2,15,16,18)/t9?,10?,12-,14+/m1/s1. The van der Waals surface area contributed by atoms with Gasteiger partial charge in [-0.05, 0) is 13.3 Å². The van der Waals surface area contributed by atoms with Gasteiger partial charge in [0.15, 0.2) is 6.23 Å². The van der Waals surface area contributed by atoms with E-state index in [1.54, 1.807) is 13.3 Å². The second-order valence-corrected chi connectivity index (χ2v) is 5.67. The first kappa shape index (κ1) is 14.5. The summed E-state index contributed by atoms with van der Waals surface area (Å²) in [5.74, 6) is 0.242. The van der Waals surface area contributed by atoms with Crippen LogP contribution in [-0.2, 0) is 14.2 Å². The van der Waals surface area contributed by atoms with E-state index in [2.05, 4.69) is 11.9 Å². The van der Waals surface area contributed by atoms with Crippen LogP contribution in [0.2, 0.25) is 0 Å². The number of hydrogen-bond acceptors (Lipinski definition) is 6. The van der Waals surface area contributed by atoms with E-state index < -0.39 is 17.5 Å². The molecule has 7 nitrogen and oxygen atoms in total. The minimum atomic E-state index is -0.531. The molecule has 0 saturated carbocycles. The molecule has 2 bridgehead atoms. The average Bonchev–Trinajstić information content (AvgIpc) is 2.65. The Kier molecular flexibility index (Phi) is 3.51. The molecular weight excluding hydrogens is 274 g/mol. The Labute approximate surface area is 123 Å². The van der Waals surface area contributed by atoms with Gasteiger partial charge in [-0.15, -0.1) is 0 Å². The highest BCUT2D eigenvalue weighted by molar-refractivity contribution is 5.35. The third-order valence-electron chi connectivity index (χ3n) is 4.59. The van der Waals surface area contributed by atoms with E-state index in [1.165, 1.54) is 4.57 Å². The summed E-state index contributed by atoms with van der Waals surface area (Å²) in [4.78, 5) is 16.0. The Hall–Kier alpha value is -1.44. The molecule has 2 unspecified atom stereocenters. The lowest BCUT2D eigenvalue weighted by atomic mass is 9.87. The SMILES string of the molecule is CC[C@]12CCOC(C1OC)[C@H](n1cc(C)c(N)nc1=O)O2. The van der Waals surface area contributed by atoms with Gasteiger partial charge in [0.2, 0.25) is 0 Å². The van der Waals surface area contributed by atoms with Crippen molar-refractivity contribution in [3.05, 3.63) is 22.2 Å². The summed E-state index contributed by atoms with van der Waals surface area (Å²) in [6.07, 6.45) is 2.20. The largest absolute Gasteiger partial charge is 0.383 e. The average molecular weight is 295 g/mol. The van der Waals surface area contributed by atoms with Crippen LogP contribution in [0.3, 0.4) is 0 Å². The van der Waals surface area contributed by atoms with Crippen LogP contribution in [0.4, 0.5) is 5.82 Å². The van der Waals surface area contributed by atoms with Gasteiger partial charge >= 0.3 is 5.69 Å². The summed E-state index contributed by atoms with van der Waals surface area (Å²) < 4.78 is 19.1. The maximum atomic E-state index is 12.2. The zero-order valence-corrected chi connectivity index (χ0v) is 12.5. The van der Waals surface area contributed by atoms with Crippen molar-refractivity contribution in [2.75, 3.05) is 19.5 Å². The molecule has 2 N–H and O–H groups in total. The summed E-state index contributed by atoms with van der Waals surface area (Å²) in [5, 5.41) is 0. The van der Waals surface area contributed by atoms with E-state index in [9.17, 15) is 4.79 Å². The number of nitrogens with zero attached hydrogens (tertiary/aromatic N) is 2. The first-order chi connectivity index (χ1) is 10.0. The van der Waals surface area contributed by atoms with Gasteiger partial charge in [0.05, 0.1) is 6.61 Å². The van der Waals surface area contributed by atoms with Crippen LogP contribution in [-0.4, -0.2) is 41.1 Å². The highest BCUT2D eigenvalue weighted by atomic mass is 16.6. The number of nitrogen functional groups attached to an aromatic ring is 1. The van der Waals surface area contributed by atoms with E-state index in [0.29, 0.717) is 6.61 Å². The van der Waals surface area contributed by atoms with Crippen molar-refractivity contribution >= 4 is 5.82 Å². The van der Waals surface area contributed by atoms with Crippen molar-refractivity contribution < 1.29 is 14.2 Å². The molecule has 4 atom stereocenters. The van der Waals surface area contributed by atoms with Gasteiger partial charge in [-0.2, -0.15) is 4.98 Å². The van der Waals surface area contributed by atoms with Crippen LogP contribution in [0.5, 0.6) is 0 Å². The molecule has 1 aromatic heterocycles. The molecule has 2 fully saturated rings. The number of fused-ring (bicyclic) bond motifs is 2. The van der Waals surface area contributed by atoms with Gasteiger partial charge in [0.25, 0.3) is 0 Å². The number of nitrogens with two attached hydrogens (primary N) is 1. The minimum Gasteiger partial charge on any atom is -0.383 e. The Morgan fingerprint density at radius 2 is 2.38 bits per heavy atom. The molecule has 3 heterocycles. The van der Waals surface area contributed by atoms with Crippen molar-refractivity contribution in [1.82, 2.24) is 9.55 Å². The summed E-state index contributed by atoms with van der Waals surface area (Å²) in [6, 6.07) is 0. The Morgan fingerprint density at radius 1 is 1.62 bits per heavy atom. The molecule has 0 radical (unpaired) electrons. The number of aromatic nitrogens is 2. The van der Waals surface area contributed by atoms with Crippen molar-refractivity contribution in [1.29, 1.82) is 0 Å². The fourth-order valence-electron chi connectivity index (χ4n) is 3.35. The molecule has 0 amide bonds. The molecule has 21 heavy (non-hydrogen) atoms. The summed E-state index contributed by atoms with van der Waals surface area (Å²) in [5.41, 5.74) is 5.58. The minimum absolute atomic E-state index is 0.189. The highest BCUT2D eigenvalue weighted by Gasteiger charge is 2.58. The molecular formula is C14H21N3O4. The second kappa shape index (κ2) is 5.08. The Balaban J connectivity index is 2.05. The van der Waals surface area contributed by atoms with Crippen LogP contribution in [0.15, 0.2) is 11.0 Å². The third kappa shape index (κ3) is 2.07. The van der Waals surface area contributed by atoms with Crippen LogP contribution < -0.4 is 11.4 Å². The van der Waals surface area contributed by atoms with Crippen molar-refractivity contribution in [3.8, 4) is 0 Å². The van der Waals surface area contributed by atoms with E-state index in [1.807, 2.05) is 6.92 Å². The highest BCUT2D eigenvalue weighted by Crippen LogP contribution is 2.47. The van der Waals surface area contributed by atoms with E-state index >= 15 is 0 Å². The molecule has 0 spiro atoms. The fourth-order valence-corrected chi connectivity index (χ4v) is 3.35. The van der Waals surface area contributed by atoms with Gasteiger partial charge in [-0.1, -0.05) is 6.92 Å². The van der Waals surface area contributed by atoms with Crippen molar-refractivity contribution in [3.63, 3.8) is 0 Å². The lowest BCUT2D eigenvalue weighted by Gasteiger charge is -2.36. The van der Waals surface area contributed by atoms with Crippen LogP contribution in [0.1, 0.15) is 31.6 Å². The predicted octanol–water partition coefficient (Wildman–Crippen LogP) is 0.615. The van der Waals surface area contributed by atoms with Crippen LogP contribution in [0.25, 0.3) is 0 Å². The number of anilines is 1. The molecule has 2 aliphatic rings. The zero-order valence-electron chi connectivity index (χ0n) is 12.5. The Bertz CT molecular complexity index is 602. The normalized spacial score (nSPS) is 35.1. The molecule has 0 aromatic carbocycles. The zero-order chi connectivity index (χ0) is 15.2. The fraction of sp³-hybridized carbons (Fsp3) is 0.714. The van der Waals surface area contributed by atoms with E-state index in [0.717, 1.165) is 18.4 Å². The maximum absolute atomic E-state index is 12.2. The van der Waals surface area contributed by atoms with Crippen molar-refractivity contribution in [2.45, 2.75) is 50.7 Å².